The number of rotatable bonds is 2. The van der Waals surface area contributed by atoms with Crippen LogP contribution in [0.25, 0.3) is 0 Å². The van der Waals surface area contributed by atoms with Crippen molar-refractivity contribution in [2.24, 2.45) is 0 Å². The summed E-state index contributed by atoms with van der Waals surface area (Å²) >= 11 is 0. The number of benzene rings is 1. The van der Waals surface area contributed by atoms with Crippen LogP contribution in [0.3, 0.4) is 0 Å². The highest BCUT2D eigenvalue weighted by atomic mass is 19.1. The van der Waals surface area contributed by atoms with Crippen molar-refractivity contribution in [3.63, 3.8) is 0 Å². The van der Waals surface area contributed by atoms with Gasteiger partial charge < -0.3 is 4.90 Å². The summed E-state index contributed by atoms with van der Waals surface area (Å²) in [6.07, 6.45) is 3.83. The molecule has 0 saturated carbocycles. The third kappa shape index (κ3) is 2.27. The Morgan fingerprint density at radius 2 is 2.20 bits per heavy atom. The molecule has 0 saturated heterocycles. The van der Waals surface area contributed by atoms with Crippen molar-refractivity contribution in [3.8, 4) is 0 Å². The monoisotopic (exact) mass is 274 g/mol. The minimum Gasteiger partial charge on any atom is -0.311 e. The Morgan fingerprint density at radius 3 is 2.95 bits per heavy atom. The van der Waals surface area contributed by atoms with E-state index in [-0.39, 0.29) is 12.3 Å². The SMILES string of the molecule is O=C(Cc1cccnc1)N1CCc2c(F)cc(F)cc21. The van der Waals surface area contributed by atoms with Crippen molar-refractivity contribution in [1.82, 2.24) is 4.98 Å². The Kier molecular flexibility index (Phi) is 3.18. The van der Waals surface area contributed by atoms with Crippen molar-refractivity contribution >= 4 is 11.6 Å². The molecule has 3 rings (SSSR count). The number of fused-ring (bicyclic) bond motifs is 1. The lowest BCUT2D eigenvalue weighted by atomic mass is 10.1. The number of carbonyl (C=O) groups is 1. The van der Waals surface area contributed by atoms with E-state index in [1.165, 1.54) is 11.0 Å². The van der Waals surface area contributed by atoms with Gasteiger partial charge in [-0.1, -0.05) is 6.07 Å². The predicted molar refractivity (Wildman–Crippen MR) is 70.4 cm³/mol. The van der Waals surface area contributed by atoms with Gasteiger partial charge in [0.1, 0.15) is 11.6 Å². The Balaban J connectivity index is 1.86. The first-order valence-corrected chi connectivity index (χ1v) is 6.32. The zero-order valence-corrected chi connectivity index (χ0v) is 10.6. The molecule has 3 nitrogen and oxygen atoms in total. The van der Waals surface area contributed by atoms with Crippen LogP contribution in [0.2, 0.25) is 0 Å². The summed E-state index contributed by atoms with van der Waals surface area (Å²) in [6, 6.07) is 5.62. The van der Waals surface area contributed by atoms with Gasteiger partial charge in [-0.15, -0.1) is 0 Å². The van der Waals surface area contributed by atoms with Crippen LogP contribution in [0.5, 0.6) is 0 Å². The minimum absolute atomic E-state index is 0.172. The zero-order valence-electron chi connectivity index (χ0n) is 10.6. The molecule has 102 valence electrons. The number of hydrogen-bond donors (Lipinski definition) is 0. The summed E-state index contributed by atoms with van der Waals surface area (Å²) in [5, 5.41) is 0. The molecule has 0 radical (unpaired) electrons. The number of carbonyl (C=O) groups excluding carboxylic acids is 1. The van der Waals surface area contributed by atoms with Crippen LogP contribution >= 0.6 is 0 Å². The van der Waals surface area contributed by atoms with Gasteiger partial charge in [0, 0.05) is 30.6 Å². The smallest absolute Gasteiger partial charge is 0.231 e. The van der Waals surface area contributed by atoms with E-state index in [2.05, 4.69) is 4.98 Å². The molecule has 0 unspecified atom stereocenters. The highest BCUT2D eigenvalue weighted by Gasteiger charge is 2.27. The molecule has 0 bridgehead atoms. The van der Waals surface area contributed by atoms with E-state index < -0.39 is 11.6 Å². The second-order valence-corrected chi connectivity index (χ2v) is 4.72. The first-order chi connectivity index (χ1) is 9.65. The molecule has 0 fully saturated rings. The van der Waals surface area contributed by atoms with Crippen LogP contribution in [-0.4, -0.2) is 17.4 Å². The molecule has 0 aliphatic carbocycles. The Bertz CT molecular complexity index is 658. The highest BCUT2D eigenvalue weighted by Crippen LogP contribution is 2.31. The molecule has 1 amide bonds. The molecule has 0 N–H and O–H groups in total. The molecule has 1 aromatic heterocycles. The quantitative estimate of drug-likeness (QED) is 0.843. The third-order valence-corrected chi connectivity index (χ3v) is 3.39. The van der Waals surface area contributed by atoms with Gasteiger partial charge in [0.15, 0.2) is 0 Å². The molecule has 2 aromatic rings. The van der Waals surface area contributed by atoms with Gasteiger partial charge in [0.25, 0.3) is 0 Å². The standard InChI is InChI=1S/C15H12F2N2O/c16-11-7-13(17)12-3-5-19(14(12)8-11)15(20)6-10-2-1-4-18-9-10/h1-2,4,7-9H,3,5-6H2. The lowest BCUT2D eigenvalue weighted by Crippen LogP contribution is -2.30. The fraction of sp³-hybridized carbons (Fsp3) is 0.200. The molecule has 2 heterocycles. The molecular weight excluding hydrogens is 262 g/mol. The normalized spacial score (nSPS) is 13.4. The van der Waals surface area contributed by atoms with Crippen LogP contribution < -0.4 is 4.90 Å². The van der Waals surface area contributed by atoms with E-state index in [0.29, 0.717) is 24.2 Å². The number of anilines is 1. The number of amides is 1. The van der Waals surface area contributed by atoms with Crippen LogP contribution in [0.1, 0.15) is 11.1 Å². The van der Waals surface area contributed by atoms with Gasteiger partial charge in [-0.2, -0.15) is 0 Å². The fourth-order valence-corrected chi connectivity index (χ4v) is 2.45. The van der Waals surface area contributed by atoms with Crippen LogP contribution in [0.15, 0.2) is 36.7 Å². The topological polar surface area (TPSA) is 33.2 Å². The van der Waals surface area contributed by atoms with E-state index in [4.69, 9.17) is 0 Å². The molecular formula is C15H12F2N2O. The average Bonchev–Trinajstić information content (AvgIpc) is 2.84. The van der Waals surface area contributed by atoms with Crippen LogP contribution in [0, 0.1) is 11.6 Å². The first-order valence-electron chi connectivity index (χ1n) is 6.32. The van der Waals surface area contributed by atoms with E-state index in [9.17, 15) is 13.6 Å². The van der Waals surface area contributed by atoms with Crippen molar-refractivity contribution < 1.29 is 13.6 Å². The molecule has 5 heteroatoms. The average molecular weight is 274 g/mol. The molecule has 1 aromatic carbocycles. The van der Waals surface area contributed by atoms with E-state index in [0.717, 1.165) is 11.6 Å². The summed E-state index contributed by atoms with van der Waals surface area (Å²) in [5.74, 6) is -1.43. The van der Waals surface area contributed by atoms with Gasteiger partial charge in [-0.25, -0.2) is 8.78 Å². The summed E-state index contributed by atoms with van der Waals surface area (Å²) in [5.41, 5.74) is 1.53. The van der Waals surface area contributed by atoms with Crippen molar-refractivity contribution in [2.75, 3.05) is 11.4 Å². The highest BCUT2D eigenvalue weighted by molar-refractivity contribution is 5.96. The van der Waals surface area contributed by atoms with E-state index in [1.54, 1.807) is 24.5 Å². The summed E-state index contributed by atoms with van der Waals surface area (Å²) in [6.45, 7) is 0.384. The second kappa shape index (κ2) is 5.00. The second-order valence-electron chi connectivity index (χ2n) is 4.72. The summed E-state index contributed by atoms with van der Waals surface area (Å²) < 4.78 is 26.9. The Morgan fingerprint density at radius 1 is 1.35 bits per heavy atom. The summed E-state index contributed by atoms with van der Waals surface area (Å²) in [7, 11) is 0. The summed E-state index contributed by atoms with van der Waals surface area (Å²) in [4.78, 5) is 17.6. The van der Waals surface area contributed by atoms with Crippen LogP contribution in [-0.2, 0) is 17.6 Å². The largest absolute Gasteiger partial charge is 0.311 e. The number of aromatic nitrogens is 1. The van der Waals surface area contributed by atoms with Crippen molar-refractivity contribution in [3.05, 3.63) is 59.4 Å². The van der Waals surface area contributed by atoms with Crippen LogP contribution in [0.4, 0.5) is 14.5 Å². The maximum atomic E-state index is 13.6. The van der Waals surface area contributed by atoms with Gasteiger partial charge in [0.2, 0.25) is 5.91 Å². The lowest BCUT2D eigenvalue weighted by Gasteiger charge is -2.17. The number of halogens is 2. The fourth-order valence-electron chi connectivity index (χ4n) is 2.45. The molecule has 0 atom stereocenters. The minimum atomic E-state index is -0.665. The number of pyridine rings is 1. The number of nitrogens with zero attached hydrogens (tertiary/aromatic N) is 2. The van der Waals surface area contributed by atoms with Crippen molar-refractivity contribution in [1.29, 1.82) is 0 Å². The van der Waals surface area contributed by atoms with Gasteiger partial charge in [-0.3, -0.25) is 9.78 Å². The lowest BCUT2D eigenvalue weighted by molar-refractivity contribution is -0.117. The molecule has 1 aliphatic heterocycles. The molecule has 0 spiro atoms. The molecule has 1 aliphatic rings. The molecule has 20 heavy (non-hydrogen) atoms. The first kappa shape index (κ1) is 12.7. The van der Waals surface area contributed by atoms with E-state index in [1.807, 2.05) is 0 Å². The Labute approximate surface area is 114 Å². The Hall–Kier alpha value is -2.30. The predicted octanol–water partition coefficient (Wildman–Crippen LogP) is 2.49. The number of hydrogen-bond acceptors (Lipinski definition) is 2. The van der Waals surface area contributed by atoms with E-state index >= 15 is 0 Å². The maximum absolute atomic E-state index is 13.6. The van der Waals surface area contributed by atoms with Gasteiger partial charge >= 0.3 is 0 Å². The van der Waals surface area contributed by atoms with Gasteiger partial charge in [0.05, 0.1) is 12.1 Å². The maximum Gasteiger partial charge on any atom is 0.231 e. The van der Waals surface area contributed by atoms with Crippen molar-refractivity contribution in [2.45, 2.75) is 12.8 Å². The third-order valence-electron chi connectivity index (χ3n) is 3.39. The zero-order chi connectivity index (χ0) is 14.1. The van der Waals surface area contributed by atoms with Gasteiger partial charge in [-0.05, 0) is 24.1 Å².